The molecule has 0 amide bonds. The van der Waals surface area contributed by atoms with Gasteiger partial charge in [-0.25, -0.2) is 0 Å². The standard InChI is InChI=1S/C16H36N.H4OSi/c1-5-9-13-17(14-10-6-2,15-11-7-3)16-12-8-4;1-2/h5-16H2,1-4H3;1H,2H3/q+1;. The molecule has 0 saturated carbocycles. The molecule has 0 heterocycles. The van der Waals surface area contributed by atoms with Crippen molar-refractivity contribution in [3.8, 4) is 0 Å². The van der Waals surface area contributed by atoms with Crippen molar-refractivity contribution in [3.05, 3.63) is 0 Å². The van der Waals surface area contributed by atoms with Crippen molar-refractivity contribution in [3.63, 3.8) is 0 Å². The lowest BCUT2D eigenvalue weighted by molar-refractivity contribution is -0.929. The highest BCUT2D eigenvalue weighted by Gasteiger charge is 2.24. The van der Waals surface area contributed by atoms with Gasteiger partial charge in [0, 0.05) is 0 Å². The van der Waals surface area contributed by atoms with Crippen LogP contribution in [-0.4, -0.2) is 45.9 Å². The summed E-state index contributed by atoms with van der Waals surface area (Å²) >= 11 is 0. The van der Waals surface area contributed by atoms with Crippen LogP contribution in [-0.2, 0) is 0 Å². The Morgan fingerprint density at radius 3 is 0.947 bits per heavy atom. The largest absolute Gasteiger partial charge is 0.442 e. The molecule has 0 aliphatic heterocycles. The van der Waals surface area contributed by atoms with Crippen LogP contribution in [0.3, 0.4) is 0 Å². The van der Waals surface area contributed by atoms with Gasteiger partial charge in [0.15, 0.2) is 0 Å². The van der Waals surface area contributed by atoms with Gasteiger partial charge in [0.05, 0.1) is 26.2 Å². The third kappa shape index (κ3) is 11.6. The Morgan fingerprint density at radius 1 is 0.579 bits per heavy atom. The zero-order valence-corrected chi connectivity index (χ0v) is 16.4. The summed E-state index contributed by atoms with van der Waals surface area (Å²) in [6.45, 7) is 15.0. The number of unbranched alkanes of at least 4 members (excludes halogenated alkanes) is 4. The molecule has 1 N–H and O–H groups in total. The summed E-state index contributed by atoms with van der Waals surface area (Å²) in [5, 5.41) is 0. The molecule has 0 saturated heterocycles. The molecule has 0 aromatic carbocycles. The van der Waals surface area contributed by atoms with E-state index in [2.05, 4.69) is 27.7 Å². The summed E-state index contributed by atoms with van der Waals surface area (Å²) in [6, 6.07) is 0. The second-order valence-electron chi connectivity index (χ2n) is 5.65. The van der Waals surface area contributed by atoms with Crippen LogP contribution >= 0.6 is 0 Å². The normalized spacial score (nSPS) is 11.2. The monoisotopic (exact) mass is 290 g/mol. The highest BCUT2D eigenvalue weighted by atomic mass is 28.2. The van der Waals surface area contributed by atoms with Crippen LogP contribution in [0, 0.1) is 0 Å². The van der Waals surface area contributed by atoms with E-state index in [9.17, 15) is 0 Å². The van der Waals surface area contributed by atoms with E-state index in [0.717, 1.165) is 0 Å². The maximum absolute atomic E-state index is 7.14. The zero-order valence-electron chi connectivity index (χ0n) is 14.4. The van der Waals surface area contributed by atoms with Crippen LogP contribution in [0.25, 0.3) is 0 Å². The summed E-state index contributed by atoms with van der Waals surface area (Å²) in [4.78, 5) is 7.14. The molecule has 0 fully saturated rings. The summed E-state index contributed by atoms with van der Waals surface area (Å²) in [7, 11) is 0.306. The average molecular weight is 291 g/mol. The molecular weight excluding hydrogens is 250 g/mol. The van der Waals surface area contributed by atoms with Gasteiger partial charge in [-0.15, -0.1) is 0 Å². The molecule has 0 rings (SSSR count). The minimum Gasteiger partial charge on any atom is -0.442 e. The topological polar surface area (TPSA) is 20.2 Å². The number of quaternary nitrogens is 1. The van der Waals surface area contributed by atoms with E-state index < -0.39 is 0 Å². The Bertz CT molecular complexity index is 127. The van der Waals surface area contributed by atoms with E-state index >= 15 is 0 Å². The van der Waals surface area contributed by atoms with Crippen LogP contribution < -0.4 is 0 Å². The van der Waals surface area contributed by atoms with Crippen molar-refractivity contribution in [2.45, 2.75) is 79.1 Å². The lowest BCUT2D eigenvalue weighted by Crippen LogP contribution is -2.50. The lowest BCUT2D eigenvalue weighted by Gasteiger charge is -2.39. The summed E-state index contributed by atoms with van der Waals surface area (Å²) in [5.74, 6) is 0. The van der Waals surface area contributed by atoms with Gasteiger partial charge in [-0.1, -0.05) is 53.4 Å². The second-order valence-corrected chi connectivity index (χ2v) is 5.65. The van der Waals surface area contributed by atoms with E-state index in [4.69, 9.17) is 4.80 Å². The third-order valence-corrected chi connectivity index (χ3v) is 3.94. The molecule has 0 aliphatic rings. The smallest absolute Gasteiger partial charge is 0.141 e. The van der Waals surface area contributed by atoms with Gasteiger partial charge in [-0.3, -0.25) is 0 Å². The molecule has 3 heteroatoms. The molecule has 0 unspecified atom stereocenters. The molecule has 2 nitrogen and oxygen atoms in total. The van der Waals surface area contributed by atoms with Crippen molar-refractivity contribution in [1.82, 2.24) is 0 Å². The number of rotatable bonds is 12. The minimum atomic E-state index is 0.306. The predicted molar refractivity (Wildman–Crippen MR) is 91.5 cm³/mol. The van der Waals surface area contributed by atoms with Gasteiger partial charge in [-0.05, 0) is 25.7 Å². The molecule has 0 aromatic rings. The van der Waals surface area contributed by atoms with Crippen molar-refractivity contribution in [1.29, 1.82) is 0 Å². The first-order valence-electron chi connectivity index (χ1n) is 8.54. The van der Waals surface area contributed by atoms with Gasteiger partial charge in [-0.2, -0.15) is 0 Å². The van der Waals surface area contributed by atoms with Gasteiger partial charge >= 0.3 is 0 Å². The number of hydrogen-bond acceptors (Lipinski definition) is 1. The molecule has 0 spiro atoms. The van der Waals surface area contributed by atoms with Gasteiger partial charge in [0.2, 0.25) is 0 Å². The van der Waals surface area contributed by atoms with Crippen LogP contribution in [0.2, 0.25) is 0 Å². The number of hydrogen-bond donors (Lipinski definition) is 1. The molecule has 0 radical (unpaired) electrons. The first-order valence-corrected chi connectivity index (χ1v) is 9.43. The van der Waals surface area contributed by atoms with Gasteiger partial charge < -0.3 is 9.28 Å². The van der Waals surface area contributed by atoms with Gasteiger partial charge in [0.1, 0.15) is 10.5 Å². The van der Waals surface area contributed by atoms with Crippen LogP contribution in [0.5, 0.6) is 0 Å². The van der Waals surface area contributed by atoms with Crippen molar-refractivity contribution in [2.24, 2.45) is 0 Å². The summed E-state index contributed by atoms with van der Waals surface area (Å²) < 4.78 is 1.42. The van der Waals surface area contributed by atoms with E-state index in [1.165, 1.54) is 82.0 Å². The molecule has 0 aliphatic carbocycles. The SMILES string of the molecule is CCCC[N+](CCCC)(CCCC)CCCC.O[SiH3]. The summed E-state index contributed by atoms with van der Waals surface area (Å²) in [6.07, 6.45) is 11.1. The zero-order chi connectivity index (χ0) is 15.0. The molecule has 118 valence electrons. The predicted octanol–water partition coefficient (Wildman–Crippen LogP) is 3.26. The van der Waals surface area contributed by atoms with Crippen LogP contribution in [0.15, 0.2) is 0 Å². The fourth-order valence-electron chi connectivity index (χ4n) is 2.64. The van der Waals surface area contributed by atoms with E-state index in [1.54, 1.807) is 0 Å². The molecule has 0 aromatic heterocycles. The Hall–Kier alpha value is 0.137. The first-order chi connectivity index (χ1) is 9.24. The van der Waals surface area contributed by atoms with E-state index in [0.29, 0.717) is 10.5 Å². The van der Waals surface area contributed by atoms with Crippen LogP contribution in [0.1, 0.15) is 79.1 Å². The third-order valence-electron chi connectivity index (χ3n) is 3.94. The molecular formula is C16H40NOSi+. The quantitative estimate of drug-likeness (QED) is 0.432. The Labute approximate surface area is 125 Å². The first kappa shape index (κ1) is 21.4. The number of nitrogens with zero attached hydrogens (tertiary/aromatic N) is 1. The van der Waals surface area contributed by atoms with Crippen LogP contribution in [0.4, 0.5) is 0 Å². The second kappa shape index (κ2) is 16.2. The van der Waals surface area contributed by atoms with E-state index in [1.807, 2.05) is 0 Å². The minimum absolute atomic E-state index is 0.306. The lowest BCUT2D eigenvalue weighted by atomic mass is 10.1. The molecule has 0 atom stereocenters. The van der Waals surface area contributed by atoms with Crippen molar-refractivity contribution < 1.29 is 9.28 Å². The highest BCUT2D eigenvalue weighted by molar-refractivity contribution is 5.95. The summed E-state index contributed by atoms with van der Waals surface area (Å²) in [5.41, 5.74) is 0. The molecule has 19 heavy (non-hydrogen) atoms. The Balaban J connectivity index is 0. The maximum Gasteiger partial charge on any atom is 0.141 e. The maximum atomic E-state index is 7.14. The average Bonchev–Trinajstić information content (AvgIpc) is 2.48. The Morgan fingerprint density at radius 2 is 0.789 bits per heavy atom. The fraction of sp³-hybridized carbons (Fsp3) is 1.00. The fourth-order valence-corrected chi connectivity index (χ4v) is 2.64. The molecule has 0 bridgehead atoms. The van der Waals surface area contributed by atoms with Gasteiger partial charge in [0.25, 0.3) is 0 Å². The highest BCUT2D eigenvalue weighted by Crippen LogP contribution is 2.16. The van der Waals surface area contributed by atoms with E-state index in [-0.39, 0.29) is 0 Å². The van der Waals surface area contributed by atoms with Crippen molar-refractivity contribution >= 4 is 10.5 Å². The van der Waals surface area contributed by atoms with Crippen molar-refractivity contribution in [2.75, 3.05) is 26.2 Å². The Kier molecular flexibility index (Phi) is 18.3.